The molecule has 0 unspecified atom stereocenters. The summed E-state index contributed by atoms with van der Waals surface area (Å²) < 4.78 is 0. The highest BCUT2D eigenvalue weighted by atomic mass is 16.4. The van der Waals surface area contributed by atoms with Crippen molar-refractivity contribution in [1.29, 1.82) is 0 Å². The van der Waals surface area contributed by atoms with E-state index in [4.69, 9.17) is 5.21 Å². The summed E-state index contributed by atoms with van der Waals surface area (Å²) in [6, 6.07) is 0. The van der Waals surface area contributed by atoms with Gasteiger partial charge in [0.15, 0.2) is 0 Å². The minimum atomic E-state index is -0.409. The van der Waals surface area contributed by atoms with Crippen molar-refractivity contribution in [3.05, 3.63) is 0 Å². The van der Waals surface area contributed by atoms with Gasteiger partial charge < -0.3 is 10.3 Å². The maximum absolute atomic E-state index is 10.5. The summed E-state index contributed by atoms with van der Waals surface area (Å²) in [5.74, 6) is 4.71. The van der Waals surface area contributed by atoms with Gasteiger partial charge in [0.25, 0.3) is 0 Å². The predicted molar refractivity (Wildman–Crippen MR) is 91.5 cm³/mol. The molecule has 3 heteroatoms. The fraction of sp³-hybridized carbons (Fsp3) is 0.950. The Labute approximate surface area is 140 Å². The summed E-state index contributed by atoms with van der Waals surface area (Å²) in [6.07, 6.45) is 13.0. The third-order valence-electron chi connectivity index (χ3n) is 8.56. The van der Waals surface area contributed by atoms with Gasteiger partial charge in [0.05, 0.1) is 5.60 Å². The molecule has 0 radical (unpaired) electrons. The minimum Gasteiger partial charge on any atom is -0.411 e. The zero-order chi connectivity index (χ0) is 16.2. The normalized spacial score (nSPS) is 56.1. The topological polar surface area (TPSA) is 52.8 Å². The molecule has 4 aliphatic rings. The van der Waals surface area contributed by atoms with Crippen molar-refractivity contribution in [3.8, 4) is 0 Å². The summed E-state index contributed by atoms with van der Waals surface area (Å²) in [6.45, 7) is 4.51. The van der Waals surface area contributed by atoms with Gasteiger partial charge in [-0.3, -0.25) is 0 Å². The van der Waals surface area contributed by atoms with E-state index in [2.05, 4.69) is 12.1 Å². The largest absolute Gasteiger partial charge is 0.411 e. The molecule has 4 aliphatic carbocycles. The van der Waals surface area contributed by atoms with Crippen LogP contribution in [0.25, 0.3) is 0 Å². The minimum absolute atomic E-state index is 0.362. The van der Waals surface area contributed by atoms with Crippen LogP contribution in [-0.4, -0.2) is 22.1 Å². The van der Waals surface area contributed by atoms with Gasteiger partial charge in [0.2, 0.25) is 0 Å². The van der Waals surface area contributed by atoms with Gasteiger partial charge in [-0.2, -0.15) is 0 Å². The Kier molecular flexibility index (Phi) is 3.79. The summed E-state index contributed by atoms with van der Waals surface area (Å²) in [5.41, 5.74) is -0.0480. The van der Waals surface area contributed by atoms with Crippen molar-refractivity contribution >= 4 is 6.21 Å². The smallest absolute Gasteiger partial charge is 0.0622 e. The maximum Gasteiger partial charge on any atom is 0.0622 e. The predicted octanol–water partition coefficient (Wildman–Crippen LogP) is 4.47. The molecule has 130 valence electrons. The molecule has 4 rings (SSSR count). The molecular weight excluding hydrogens is 286 g/mol. The van der Waals surface area contributed by atoms with Crippen molar-refractivity contribution in [3.63, 3.8) is 0 Å². The van der Waals surface area contributed by atoms with Gasteiger partial charge in [-0.15, -0.1) is 5.16 Å². The van der Waals surface area contributed by atoms with Crippen LogP contribution in [0.2, 0.25) is 0 Å². The first-order valence-corrected chi connectivity index (χ1v) is 9.84. The van der Waals surface area contributed by atoms with E-state index in [-0.39, 0.29) is 0 Å². The third kappa shape index (κ3) is 2.45. The Balaban J connectivity index is 1.54. The molecule has 3 nitrogen and oxygen atoms in total. The first-order valence-electron chi connectivity index (χ1n) is 9.84. The van der Waals surface area contributed by atoms with Gasteiger partial charge in [-0.25, -0.2) is 0 Å². The lowest BCUT2D eigenvalue weighted by molar-refractivity contribution is -0.0963. The monoisotopic (exact) mass is 319 g/mol. The molecule has 23 heavy (non-hydrogen) atoms. The molecule has 0 amide bonds. The van der Waals surface area contributed by atoms with Gasteiger partial charge in [-0.05, 0) is 99.7 Å². The van der Waals surface area contributed by atoms with Gasteiger partial charge in [0.1, 0.15) is 0 Å². The zero-order valence-electron chi connectivity index (χ0n) is 14.7. The van der Waals surface area contributed by atoms with Crippen LogP contribution in [0.5, 0.6) is 0 Å². The van der Waals surface area contributed by atoms with Crippen LogP contribution in [0.4, 0.5) is 0 Å². The molecular formula is C20H33NO2. The Bertz CT molecular complexity index is 488. The average molecular weight is 319 g/mol. The van der Waals surface area contributed by atoms with Crippen LogP contribution >= 0.6 is 0 Å². The molecule has 0 aliphatic heterocycles. The highest BCUT2D eigenvalue weighted by Crippen LogP contribution is 2.64. The molecule has 0 spiro atoms. The van der Waals surface area contributed by atoms with E-state index >= 15 is 0 Å². The van der Waals surface area contributed by atoms with Gasteiger partial charge in [-0.1, -0.05) is 6.92 Å². The number of oxime groups is 1. The van der Waals surface area contributed by atoms with Crippen molar-refractivity contribution in [2.45, 2.75) is 77.2 Å². The molecule has 0 heterocycles. The molecule has 2 N–H and O–H groups in total. The average Bonchev–Trinajstić information content (AvgIpc) is 2.83. The lowest BCUT2D eigenvalue weighted by Crippen LogP contribution is -2.50. The zero-order valence-corrected chi connectivity index (χ0v) is 14.7. The van der Waals surface area contributed by atoms with Crippen molar-refractivity contribution in [2.24, 2.45) is 46.1 Å². The van der Waals surface area contributed by atoms with E-state index in [9.17, 15) is 5.11 Å². The first-order chi connectivity index (χ1) is 10.9. The van der Waals surface area contributed by atoms with E-state index in [0.717, 1.165) is 42.4 Å². The standard InChI is InChI=1S/C20H33NO2/c1-19(22)9-7-15-13(11-19)3-5-17-16(15)8-10-20(2)14(12-21-23)4-6-18(17)20/h12-18,22-23H,3-11H2,1-2H3/b21-12+/t13-,14-,15+,16-,17-,18+,19-,20-/m1/s1. The summed E-state index contributed by atoms with van der Waals surface area (Å²) in [4.78, 5) is 0. The fourth-order valence-electron chi connectivity index (χ4n) is 7.45. The Morgan fingerprint density at radius 2 is 1.70 bits per heavy atom. The molecule has 0 aromatic carbocycles. The fourth-order valence-corrected chi connectivity index (χ4v) is 7.45. The van der Waals surface area contributed by atoms with E-state index in [1.54, 1.807) is 0 Å². The van der Waals surface area contributed by atoms with Crippen LogP contribution in [0.15, 0.2) is 5.16 Å². The Morgan fingerprint density at radius 1 is 0.913 bits per heavy atom. The van der Waals surface area contributed by atoms with E-state index in [1.165, 1.54) is 44.9 Å². The molecule has 4 fully saturated rings. The molecule has 0 bridgehead atoms. The summed E-state index contributed by atoms with van der Waals surface area (Å²) in [5, 5.41) is 22.9. The Hall–Kier alpha value is -0.570. The van der Waals surface area contributed by atoms with Crippen LogP contribution < -0.4 is 0 Å². The maximum atomic E-state index is 10.5. The van der Waals surface area contributed by atoms with Gasteiger partial charge >= 0.3 is 0 Å². The number of aliphatic hydroxyl groups is 1. The van der Waals surface area contributed by atoms with Crippen molar-refractivity contribution in [2.75, 3.05) is 0 Å². The second-order valence-corrected chi connectivity index (χ2v) is 9.67. The first kappa shape index (κ1) is 15.9. The van der Waals surface area contributed by atoms with E-state index < -0.39 is 5.60 Å². The summed E-state index contributed by atoms with van der Waals surface area (Å²) >= 11 is 0. The number of rotatable bonds is 1. The highest BCUT2D eigenvalue weighted by Gasteiger charge is 2.57. The molecule has 4 saturated carbocycles. The van der Waals surface area contributed by atoms with Crippen LogP contribution in [0.1, 0.15) is 71.6 Å². The third-order valence-corrected chi connectivity index (χ3v) is 8.56. The van der Waals surface area contributed by atoms with Crippen molar-refractivity contribution in [1.82, 2.24) is 0 Å². The lowest BCUT2D eigenvalue weighted by Gasteiger charge is -2.56. The van der Waals surface area contributed by atoms with Crippen LogP contribution in [0.3, 0.4) is 0 Å². The highest BCUT2D eigenvalue weighted by molar-refractivity contribution is 5.62. The lowest BCUT2D eigenvalue weighted by atomic mass is 9.49. The number of fused-ring (bicyclic) bond motifs is 5. The van der Waals surface area contributed by atoms with Crippen LogP contribution in [-0.2, 0) is 0 Å². The quantitative estimate of drug-likeness (QED) is 0.426. The summed E-state index contributed by atoms with van der Waals surface area (Å²) in [7, 11) is 0. The Morgan fingerprint density at radius 3 is 2.48 bits per heavy atom. The number of hydrogen-bond donors (Lipinski definition) is 2. The molecule has 0 aromatic rings. The number of nitrogens with zero attached hydrogens (tertiary/aromatic N) is 1. The van der Waals surface area contributed by atoms with E-state index in [1.807, 2.05) is 13.1 Å². The number of hydrogen-bond acceptors (Lipinski definition) is 3. The molecule has 8 atom stereocenters. The van der Waals surface area contributed by atoms with E-state index in [0.29, 0.717) is 11.3 Å². The van der Waals surface area contributed by atoms with Gasteiger partial charge in [0, 0.05) is 12.1 Å². The SMILES string of the molecule is C[C@@]1(O)CC[C@H]2[C@H](CC[C@@H]3[C@@H]2CC[C@]2(C)[C@@H](/C=N/O)CC[C@@H]32)C1. The van der Waals surface area contributed by atoms with Crippen LogP contribution in [0, 0.1) is 40.9 Å². The molecule has 0 aromatic heterocycles. The second-order valence-electron chi connectivity index (χ2n) is 9.67. The van der Waals surface area contributed by atoms with Crippen molar-refractivity contribution < 1.29 is 10.3 Å². The second kappa shape index (κ2) is 5.47. The molecule has 0 saturated heterocycles.